The monoisotopic (exact) mass is 365 g/mol. The Balaban J connectivity index is 1.60. The fraction of sp³-hybridized carbons (Fsp3) is 0.273. The molecule has 0 spiro atoms. The van der Waals surface area contributed by atoms with Crippen molar-refractivity contribution in [3.05, 3.63) is 71.8 Å². The van der Waals surface area contributed by atoms with E-state index in [2.05, 4.69) is 24.3 Å². The molecule has 1 unspecified atom stereocenters. The standard InChI is InChI=1S/C22H23NO4/c1-22(23,21(25)26)13-7-6-12-20(24)27-14-19-17-10-4-2-8-15(17)16-9-3-5-11-18(16)19/h2-6,8-12,19H,7,13-14,23H2,1H3,(H,25,26)/b12-6+. The smallest absolute Gasteiger partial charge is 0.330 e. The topological polar surface area (TPSA) is 89.6 Å². The van der Waals surface area contributed by atoms with Gasteiger partial charge >= 0.3 is 11.9 Å². The summed E-state index contributed by atoms with van der Waals surface area (Å²) in [7, 11) is 0. The number of carbonyl (C=O) groups excluding carboxylic acids is 1. The largest absolute Gasteiger partial charge is 0.480 e. The SMILES string of the molecule is CC(N)(CC/C=C/C(=O)OCC1c2ccccc2-c2ccccc21)C(=O)O. The second-order valence-electron chi connectivity index (χ2n) is 7.02. The molecule has 0 bridgehead atoms. The number of rotatable bonds is 7. The lowest BCUT2D eigenvalue weighted by Crippen LogP contribution is -2.44. The van der Waals surface area contributed by atoms with Crippen LogP contribution in [0, 0.1) is 0 Å². The van der Waals surface area contributed by atoms with Gasteiger partial charge in [0.2, 0.25) is 0 Å². The van der Waals surface area contributed by atoms with E-state index in [9.17, 15) is 9.59 Å². The highest BCUT2D eigenvalue weighted by molar-refractivity contribution is 5.83. The zero-order chi connectivity index (χ0) is 19.4. The van der Waals surface area contributed by atoms with Crippen molar-refractivity contribution in [3.8, 4) is 11.1 Å². The summed E-state index contributed by atoms with van der Waals surface area (Å²) >= 11 is 0. The number of aliphatic carboxylic acids is 1. The van der Waals surface area contributed by atoms with E-state index < -0.39 is 17.5 Å². The van der Waals surface area contributed by atoms with E-state index in [1.165, 1.54) is 24.1 Å². The summed E-state index contributed by atoms with van der Waals surface area (Å²) in [6, 6.07) is 16.3. The number of esters is 1. The molecule has 1 atom stereocenters. The predicted molar refractivity (Wildman–Crippen MR) is 103 cm³/mol. The summed E-state index contributed by atoms with van der Waals surface area (Å²) in [5, 5.41) is 8.97. The van der Waals surface area contributed by atoms with Crippen LogP contribution in [0.5, 0.6) is 0 Å². The fourth-order valence-electron chi connectivity index (χ4n) is 3.32. The minimum atomic E-state index is -1.30. The predicted octanol–water partition coefficient (Wildman–Crippen LogP) is 3.48. The first kappa shape index (κ1) is 18.9. The number of fused-ring (bicyclic) bond motifs is 3. The molecule has 0 radical (unpaired) electrons. The molecule has 3 N–H and O–H groups in total. The zero-order valence-corrected chi connectivity index (χ0v) is 15.2. The number of hydrogen-bond acceptors (Lipinski definition) is 4. The quantitative estimate of drug-likeness (QED) is 0.579. The van der Waals surface area contributed by atoms with Crippen LogP contribution in [0.2, 0.25) is 0 Å². The molecule has 0 fully saturated rings. The Morgan fingerprint density at radius 3 is 2.22 bits per heavy atom. The fourth-order valence-corrected chi connectivity index (χ4v) is 3.32. The van der Waals surface area contributed by atoms with Crippen molar-refractivity contribution in [2.75, 3.05) is 6.61 Å². The van der Waals surface area contributed by atoms with Gasteiger partial charge in [-0.25, -0.2) is 4.79 Å². The normalized spacial score (nSPS) is 15.2. The number of hydrogen-bond donors (Lipinski definition) is 2. The van der Waals surface area contributed by atoms with Crippen LogP contribution in [0.15, 0.2) is 60.7 Å². The van der Waals surface area contributed by atoms with E-state index in [1.54, 1.807) is 6.08 Å². The lowest BCUT2D eigenvalue weighted by Gasteiger charge is -2.17. The maximum absolute atomic E-state index is 12.0. The average Bonchev–Trinajstić information content (AvgIpc) is 2.97. The van der Waals surface area contributed by atoms with Crippen LogP contribution in [0.25, 0.3) is 11.1 Å². The number of nitrogens with two attached hydrogens (primary N) is 1. The molecular weight excluding hydrogens is 342 g/mol. The van der Waals surface area contributed by atoms with E-state index in [0.717, 1.165) is 11.1 Å². The van der Waals surface area contributed by atoms with Gasteiger partial charge in [-0.05, 0) is 42.0 Å². The highest BCUT2D eigenvalue weighted by Gasteiger charge is 2.29. The number of ether oxygens (including phenoxy) is 1. The molecule has 0 aliphatic heterocycles. The van der Waals surface area contributed by atoms with Crippen molar-refractivity contribution in [1.82, 2.24) is 0 Å². The van der Waals surface area contributed by atoms with Gasteiger partial charge in [0.1, 0.15) is 12.1 Å². The zero-order valence-electron chi connectivity index (χ0n) is 15.2. The Morgan fingerprint density at radius 2 is 1.67 bits per heavy atom. The van der Waals surface area contributed by atoms with Crippen LogP contribution in [-0.2, 0) is 14.3 Å². The maximum atomic E-state index is 12.0. The van der Waals surface area contributed by atoms with Gasteiger partial charge in [-0.15, -0.1) is 0 Å². The molecule has 5 heteroatoms. The van der Waals surface area contributed by atoms with Gasteiger partial charge in [-0.1, -0.05) is 54.6 Å². The molecule has 1 aliphatic carbocycles. The molecule has 0 aromatic heterocycles. The van der Waals surface area contributed by atoms with Crippen molar-refractivity contribution >= 4 is 11.9 Å². The molecule has 140 valence electrons. The number of benzene rings is 2. The first-order valence-corrected chi connectivity index (χ1v) is 8.94. The Morgan fingerprint density at radius 1 is 1.11 bits per heavy atom. The van der Waals surface area contributed by atoms with E-state index in [0.29, 0.717) is 6.42 Å². The first-order valence-electron chi connectivity index (χ1n) is 8.94. The highest BCUT2D eigenvalue weighted by atomic mass is 16.5. The molecule has 0 saturated heterocycles. The average molecular weight is 365 g/mol. The van der Waals surface area contributed by atoms with Crippen LogP contribution >= 0.6 is 0 Å². The number of carboxylic acids is 1. The van der Waals surface area contributed by atoms with Crippen molar-refractivity contribution in [1.29, 1.82) is 0 Å². The minimum absolute atomic E-state index is 0.0223. The highest BCUT2D eigenvalue weighted by Crippen LogP contribution is 2.44. The summed E-state index contributed by atoms with van der Waals surface area (Å²) in [6.07, 6.45) is 3.58. The minimum Gasteiger partial charge on any atom is -0.480 e. The molecule has 2 aromatic carbocycles. The van der Waals surface area contributed by atoms with E-state index in [4.69, 9.17) is 15.6 Å². The Bertz CT molecular complexity index is 840. The molecule has 27 heavy (non-hydrogen) atoms. The third kappa shape index (κ3) is 4.09. The van der Waals surface area contributed by atoms with Gasteiger partial charge in [-0.3, -0.25) is 4.79 Å². The third-order valence-electron chi connectivity index (χ3n) is 4.93. The number of allylic oxidation sites excluding steroid dienone is 1. The Hall–Kier alpha value is -2.92. The third-order valence-corrected chi connectivity index (χ3v) is 4.93. The van der Waals surface area contributed by atoms with E-state index in [1.807, 2.05) is 24.3 Å². The molecule has 0 heterocycles. The van der Waals surface area contributed by atoms with Crippen LogP contribution in [0.3, 0.4) is 0 Å². The molecule has 0 saturated carbocycles. The molecular formula is C22H23NO4. The maximum Gasteiger partial charge on any atom is 0.330 e. The summed E-state index contributed by atoms with van der Waals surface area (Å²) < 4.78 is 5.45. The van der Waals surface area contributed by atoms with Gasteiger partial charge in [0.15, 0.2) is 0 Å². The molecule has 5 nitrogen and oxygen atoms in total. The number of carboxylic acid groups (broad SMARTS) is 1. The molecule has 3 rings (SSSR count). The second-order valence-corrected chi connectivity index (χ2v) is 7.02. The van der Waals surface area contributed by atoms with Crippen LogP contribution in [0.1, 0.15) is 36.8 Å². The summed E-state index contributed by atoms with van der Waals surface area (Å²) in [6.45, 7) is 1.72. The molecule has 1 aliphatic rings. The summed E-state index contributed by atoms with van der Waals surface area (Å²) in [5.41, 5.74) is 9.05. The second kappa shape index (κ2) is 7.76. The van der Waals surface area contributed by atoms with Crippen LogP contribution in [0.4, 0.5) is 0 Å². The lowest BCUT2D eigenvalue weighted by molar-refractivity contribution is -0.142. The van der Waals surface area contributed by atoms with Crippen molar-refractivity contribution < 1.29 is 19.4 Å². The van der Waals surface area contributed by atoms with Gasteiger partial charge in [0.25, 0.3) is 0 Å². The first-order chi connectivity index (χ1) is 12.9. The lowest BCUT2D eigenvalue weighted by atomic mass is 9.97. The van der Waals surface area contributed by atoms with Crippen LogP contribution in [-0.4, -0.2) is 29.2 Å². The molecule has 0 amide bonds. The van der Waals surface area contributed by atoms with Crippen molar-refractivity contribution in [2.24, 2.45) is 5.73 Å². The van der Waals surface area contributed by atoms with E-state index in [-0.39, 0.29) is 18.9 Å². The summed E-state index contributed by atoms with van der Waals surface area (Å²) in [5.74, 6) is -1.47. The van der Waals surface area contributed by atoms with E-state index >= 15 is 0 Å². The Labute approximate surface area is 158 Å². The Kier molecular flexibility index (Phi) is 5.42. The van der Waals surface area contributed by atoms with Gasteiger partial charge in [0, 0.05) is 12.0 Å². The van der Waals surface area contributed by atoms with Crippen molar-refractivity contribution in [2.45, 2.75) is 31.2 Å². The van der Waals surface area contributed by atoms with Crippen molar-refractivity contribution in [3.63, 3.8) is 0 Å². The molecule has 2 aromatic rings. The summed E-state index contributed by atoms with van der Waals surface area (Å²) in [4.78, 5) is 23.0. The number of carbonyl (C=O) groups is 2. The van der Waals surface area contributed by atoms with Gasteiger partial charge < -0.3 is 15.6 Å². The van der Waals surface area contributed by atoms with Gasteiger partial charge in [-0.2, -0.15) is 0 Å². The van der Waals surface area contributed by atoms with Gasteiger partial charge in [0.05, 0.1) is 0 Å². The van der Waals surface area contributed by atoms with Crippen LogP contribution < -0.4 is 5.73 Å².